The van der Waals surface area contributed by atoms with Crippen molar-refractivity contribution in [1.82, 2.24) is 0 Å². The van der Waals surface area contributed by atoms with Crippen LogP contribution in [0.5, 0.6) is 0 Å². The van der Waals surface area contributed by atoms with Crippen molar-refractivity contribution in [3.05, 3.63) is 42.0 Å². The van der Waals surface area contributed by atoms with E-state index in [4.69, 9.17) is 10.00 Å². The third-order valence-electron chi connectivity index (χ3n) is 4.58. The smallest absolute Gasteiger partial charge is 0.241 e. The van der Waals surface area contributed by atoms with Crippen LogP contribution in [0.2, 0.25) is 0 Å². The average Bonchev–Trinajstić information content (AvgIpc) is 3.09. The summed E-state index contributed by atoms with van der Waals surface area (Å²) < 4.78 is 5.77. The maximum Gasteiger partial charge on any atom is 0.241 e. The van der Waals surface area contributed by atoms with E-state index in [2.05, 4.69) is 0 Å². The number of imide groups is 1. The van der Waals surface area contributed by atoms with E-state index in [1.807, 2.05) is 25.1 Å². The predicted molar refractivity (Wildman–Crippen MR) is 73.0 cm³/mol. The fourth-order valence-corrected chi connectivity index (χ4v) is 3.59. The number of hydrogen-bond donors (Lipinski definition) is 0. The molecule has 4 atom stereocenters. The number of ether oxygens (including phenoxy) is 1. The maximum atomic E-state index is 12.7. The Bertz CT molecular complexity index is 731. The average molecular weight is 280 g/mol. The van der Waals surface area contributed by atoms with Gasteiger partial charge >= 0.3 is 0 Å². The minimum atomic E-state index is -0.677. The van der Waals surface area contributed by atoms with Crippen LogP contribution in [-0.2, 0) is 14.3 Å². The third kappa shape index (κ3) is 1.43. The van der Waals surface area contributed by atoms with Crippen LogP contribution in [-0.4, -0.2) is 23.5 Å². The number of anilines is 1. The molecule has 0 aliphatic carbocycles. The van der Waals surface area contributed by atoms with Gasteiger partial charge in [-0.25, -0.2) is 4.90 Å². The Balaban J connectivity index is 1.75. The van der Waals surface area contributed by atoms with Crippen molar-refractivity contribution in [2.75, 3.05) is 4.90 Å². The molecule has 0 unspecified atom stereocenters. The number of fused-ring (bicyclic) bond motifs is 5. The summed E-state index contributed by atoms with van der Waals surface area (Å²) >= 11 is 0. The van der Waals surface area contributed by atoms with Crippen molar-refractivity contribution in [3.8, 4) is 6.07 Å². The van der Waals surface area contributed by atoms with Gasteiger partial charge < -0.3 is 4.74 Å². The van der Waals surface area contributed by atoms with Gasteiger partial charge in [-0.1, -0.05) is 12.2 Å². The van der Waals surface area contributed by atoms with Gasteiger partial charge in [-0.2, -0.15) is 5.26 Å². The fraction of sp³-hybridized carbons (Fsp3) is 0.312. The Kier molecular flexibility index (Phi) is 2.23. The molecule has 3 heterocycles. The van der Waals surface area contributed by atoms with Crippen LogP contribution >= 0.6 is 0 Å². The van der Waals surface area contributed by atoms with E-state index in [1.165, 1.54) is 4.90 Å². The molecule has 2 amide bonds. The largest absolute Gasteiger partial charge is 0.362 e. The van der Waals surface area contributed by atoms with Crippen molar-refractivity contribution < 1.29 is 14.3 Å². The Morgan fingerprint density at radius 2 is 1.95 bits per heavy atom. The highest BCUT2D eigenvalue weighted by atomic mass is 16.5. The maximum absolute atomic E-state index is 12.7. The van der Waals surface area contributed by atoms with Crippen molar-refractivity contribution in [3.63, 3.8) is 0 Å². The van der Waals surface area contributed by atoms with Crippen LogP contribution in [0, 0.1) is 23.2 Å². The second kappa shape index (κ2) is 3.80. The van der Waals surface area contributed by atoms with Gasteiger partial charge in [0.25, 0.3) is 0 Å². The second-order valence-corrected chi connectivity index (χ2v) is 5.80. The highest BCUT2D eigenvalue weighted by Crippen LogP contribution is 2.52. The normalized spacial score (nSPS) is 36.2. The summed E-state index contributed by atoms with van der Waals surface area (Å²) in [6.07, 6.45) is 3.45. The van der Waals surface area contributed by atoms with E-state index in [-0.39, 0.29) is 17.9 Å². The van der Waals surface area contributed by atoms with Crippen molar-refractivity contribution in [1.29, 1.82) is 5.26 Å². The summed E-state index contributed by atoms with van der Waals surface area (Å²) in [6.45, 7) is 1.85. The molecule has 2 saturated heterocycles. The molecule has 4 rings (SSSR count). The summed E-state index contributed by atoms with van der Waals surface area (Å²) in [5, 5.41) is 8.82. The summed E-state index contributed by atoms with van der Waals surface area (Å²) in [5.74, 6) is -1.31. The Morgan fingerprint density at radius 1 is 1.24 bits per heavy atom. The predicted octanol–water partition coefficient (Wildman–Crippen LogP) is 1.39. The third-order valence-corrected chi connectivity index (χ3v) is 4.58. The molecule has 0 N–H and O–H groups in total. The Hall–Kier alpha value is -2.45. The first-order valence-corrected chi connectivity index (χ1v) is 6.80. The fourth-order valence-electron chi connectivity index (χ4n) is 3.59. The molecular weight excluding hydrogens is 268 g/mol. The number of nitriles is 1. The zero-order valence-electron chi connectivity index (χ0n) is 11.3. The molecule has 0 aromatic heterocycles. The van der Waals surface area contributed by atoms with Crippen LogP contribution in [0.25, 0.3) is 0 Å². The number of nitrogens with zero attached hydrogens (tertiary/aromatic N) is 2. The van der Waals surface area contributed by atoms with Crippen molar-refractivity contribution >= 4 is 17.5 Å². The molecule has 0 radical (unpaired) electrons. The molecule has 5 heteroatoms. The quantitative estimate of drug-likeness (QED) is 0.576. The Morgan fingerprint density at radius 3 is 2.57 bits per heavy atom. The molecule has 0 saturated carbocycles. The summed E-state index contributed by atoms with van der Waals surface area (Å²) in [7, 11) is 0. The lowest BCUT2D eigenvalue weighted by Crippen LogP contribution is -2.38. The Labute approximate surface area is 121 Å². The SMILES string of the molecule is C[C@@]12C=C[C@H](O1)[C@@H]1C(=O)N(c3ccc(C#N)cc3)C(=O)[C@@H]12. The van der Waals surface area contributed by atoms with Crippen LogP contribution in [0.15, 0.2) is 36.4 Å². The first-order valence-electron chi connectivity index (χ1n) is 6.80. The minimum absolute atomic E-state index is 0.215. The van der Waals surface area contributed by atoms with Gasteiger partial charge in [0.15, 0.2) is 0 Å². The van der Waals surface area contributed by atoms with Crippen molar-refractivity contribution in [2.24, 2.45) is 11.8 Å². The highest BCUT2D eigenvalue weighted by Gasteiger charge is 2.65. The standard InChI is InChI=1S/C16H12N2O3/c1-16-7-6-11(21-16)12-13(16)15(20)18(14(12)19)10-4-2-9(8-17)3-5-10/h2-7,11-13H,1H3/t11-,12-,13+,16-/m0/s1. The molecule has 2 fully saturated rings. The molecule has 21 heavy (non-hydrogen) atoms. The number of carbonyl (C=O) groups is 2. The summed E-state index contributed by atoms with van der Waals surface area (Å²) in [6, 6.07) is 8.50. The lowest BCUT2D eigenvalue weighted by atomic mass is 9.78. The number of carbonyl (C=O) groups excluding carboxylic acids is 2. The highest BCUT2D eigenvalue weighted by molar-refractivity contribution is 6.23. The molecular formula is C16H12N2O3. The molecule has 104 valence electrons. The molecule has 3 aliphatic heterocycles. The van der Waals surface area contributed by atoms with Crippen LogP contribution in [0.3, 0.4) is 0 Å². The lowest BCUT2D eigenvalue weighted by Gasteiger charge is -2.24. The summed E-state index contributed by atoms with van der Waals surface area (Å²) in [4.78, 5) is 26.5. The van der Waals surface area contributed by atoms with Crippen LogP contribution in [0.1, 0.15) is 12.5 Å². The number of amides is 2. The van der Waals surface area contributed by atoms with Crippen molar-refractivity contribution in [2.45, 2.75) is 18.6 Å². The molecule has 1 aromatic rings. The lowest BCUT2D eigenvalue weighted by molar-refractivity contribution is -0.126. The van der Waals surface area contributed by atoms with Gasteiger partial charge in [0, 0.05) is 0 Å². The first-order chi connectivity index (χ1) is 10.0. The molecule has 2 bridgehead atoms. The van der Waals surface area contributed by atoms with E-state index in [1.54, 1.807) is 24.3 Å². The van der Waals surface area contributed by atoms with Crippen LogP contribution in [0.4, 0.5) is 5.69 Å². The van der Waals surface area contributed by atoms with Gasteiger partial charge in [-0.05, 0) is 31.2 Å². The number of hydrogen-bond acceptors (Lipinski definition) is 4. The van der Waals surface area contributed by atoms with Gasteiger partial charge in [0.05, 0.1) is 40.9 Å². The van der Waals surface area contributed by atoms with E-state index in [0.717, 1.165) is 0 Å². The van der Waals surface area contributed by atoms with Crippen LogP contribution < -0.4 is 4.90 Å². The van der Waals surface area contributed by atoms with Gasteiger partial charge in [0.1, 0.15) is 0 Å². The molecule has 3 aliphatic rings. The number of benzene rings is 1. The monoisotopic (exact) mass is 280 g/mol. The van der Waals surface area contributed by atoms with Gasteiger partial charge in [-0.3, -0.25) is 9.59 Å². The summed E-state index contributed by atoms with van der Waals surface area (Å²) in [5.41, 5.74) is 0.333. The topological polar surface area (TPSA) is 70.4 Å². The van der Waals surface area contributed by atoms with Gasteiger partial charge in [-0.15, -0.1) is 0 Å². The zero-order chi connectivity index (χ0) is 14.8. The molecule has 5 nitrogen and oxygen atoms in total. The second-order valence-electron chi connectivity index (χ2n) is 5.80. The van der Waals surface area contributed by atoms with E-state index < -0.39 is 17.4 Å². The minimum Gasteiger partial charge on any atom is -0.362 e. The molecule has 0 spiro atoms. The van der Waals surface area contributed by atoms with E-state index in [0.29, 0.717) is 11.3 Å². The van der Waals surface area contributed by atoms with E-state index in [9.17, 15) is 9.59 Å². The number of rotatable bonds is 1. The van der Waals surface area contributed by atoms with E-state index >= 15 is 0 Å². The zero-order valence-corrected chi connectivity index (χ0v) is 11.3. The first kappa shape index (κ1) is 12.3. The molecule has 1 aromatic carbocycles. The van der Waals surface area contributed by atoms with Gasteiger partial charge in [0.2, 0.25) is 11.8 Å².